The summed E-state index contributed by atoms with van der Waals surface area (Å²) in [5.41, 5.74) is 14.0. The average Bonchev–Trinajstić information content (AvgIpc) is 3.22. The molecule has 2 aliphatic heterocycles. The normalized spacial score (nSPS) is 14.5. The van der Waals surface area contributed by atoms with Crippen LogP contribution in [0.25, 0.3) is 34.4 Å². The zero-order valence-corrected chi connectivity index (χ0v) is 33.2. The fraction of sp³-hybridized carbons (Fsp3) is 0.238. The highest BCUT2D eigenvalue weighted by atomic mass is 32.2. The number of carbonyl (C=O) groups excluding carboxylic acids is 4. The second kappa shape index (κ2) is 18.1. The van der Waals surface area contributed by atoms with E-state index in [0.717, 1.165) is 11.8 Å². The summed E-state index contributed by atoms with van der Waals surface area (Å²) in [5.74, 6) is -0.829. The van der Waals surface area contributed by atoms with Gasteiger partial charge >= 0.3 is 0 Å². The second-order valence-electron chi connectivity index (χ2n) is 13.9. The Labute approximate surface area is 344 Å². The molecule has 2 saturated heterocycles. The summed E-state index contributed by atoms with van der Waals surface area (Å²) in [6.07, 6.45) is 5.60. The first-order valence-electron chi connectivity index (χ1n) is 18.7. The average molecular weight is 819 g/mol. The van der Waals surface area contributed by atoms with Gasteiger partial charge in [-0.3, -0.25) is 39.4 Å². The minimum absolute atomic E-state index is 0.0651. The molecule has 0 aliphatic carbocycles. The number of nitro benzene ring substituents is 2. The summed E-state index contributed by atoms with van der Waals surface area (Å²) >= 11 is 0.816. The minimum Gasteiger partial charge on any atom is -0.398 e. The van der Waals surface area contributed by atoms with Crippen LogP contribution in [-0.2, 0) is 19.2 Å². The van der Waals surface area contributed by atoms with Gasteiger partial charge in [-0.25, -0.2) is 0 Å². The molecule has 0 bridgehead atoms. The molecule has 16 nitrogen and oxygen atoms in total. The van der Waals surface area contributed by atoms with E-state index in [0.29, 0.717) is 74.6 Å². The van der Waals surface area contributed by atoms with Crippen LogP contribution in [-0.4, -0.2) is 105 Å². The van der Waals surface area contributed by atoms with Gasteiger partial charge in [-0.15, -0.1) is 0 Å². The lowest BCUT2D eigenvalue weighted by atomic mass is 9.95. The first-order valence-corrected chi connectivity index (χ1v) is 19.5. The van der Waals surface area contributed by atoms with E-state index >= 15 is 0 Å². The van der Waals surface area contributed by atoms with Gasteiger partial charge in [0.05, 0.1) is 30.8 Å². The number of nitrogens with zero attached hydrogens (tertiary/aromatic N) is 6. The van der Waals surface area contributed by atoms with Crippen molar-refractivity contribution in [1.29, 1.82) is 0 Å². The fourth-order valence-corrected chi connectivity index (χ4v) is 8.19. The molecule has 4 amide bonds. The van der Waals surface area contributed by atoms with Gasteiger partial charge in [-0.1, -0.05) is 60.3 Å². The Hall–Kier alpha value is -7.01. The van der Waals surface area contributed by atoms with Crippen LogP contribution < -0.4 is 11.5 Å². The Kier molecular flexibility index (Phi) is 12.7. The van der Waals surface area contributed by atoms with Crippen molar-refractivity contribution in [3.63, 3.8) is 0 Å². The van der Waals surface area contributed by atoms with Gasteiger partial charge in [-0.2, -0.15) is 0 Å². The lowest BCUT2D eigenvalue weighted by Gasteiger charge is -2.33. The Bertz CT molecular complexity index is 2240. The predicted molar refractivity (Wildman–Crippen MR) is 226 cm³/mol. The van der Waals surface area contributed by atoms with Crippen molar-refractivity contribution in [2.45, 2.75) is 23.6 Å². The molecule has 4 N–H and O–H groups in total. The number of nitrogen functional groups attached to an aromatic ring is 2. The molecule has 2 heterocycles. The second-order valence-corrected chi connectivity index (χ2v) is 15.0. The van der Waals surface area contributed by atoms with E-state index in [9.17, 15) is 39.4 Å². The first kappa shape index (κ1) is 41.6. The summed E-state index contributed by atoms with van der Waals surface area (Å²) in [5, 5.41) is 26.2. The third kappa shape index (κ3) is 9.26. The van der Waals surface area contributed by atoms with Crippen molar-refractivity contribution in [3.05, 3.63) is 116 Å². The fourth-order valence-electron chi connectivity index (χ4n) is 7.13. The number of hydrogen-bond acceptors (Lipinski definition) is 11. The van der Waals surface area contributed by atoms with Gasteiger partial charge in [0.2, 0.25) is 23.6 Å². The Morgan fingerprint density at radius 3 is 1.22 bits per heavy atom. The zero-order chi connectivity index (χ0) is 42.4. The van der Waals surface area contributed by atoms with E-state index in [1.165, 1.54) is 50.3 Å². The van der Waals surface area contributed by atoms with Gasteiger partial charge in [0.25, 0.3) is 11.4 Å². The molecule has 0 unspecified atom stereocenters. The van der Waals surface area contributed by atoms with Gasteiger partial charge in [0, 0.05) is 101 Å². The molecule has 59 heavy (non-hydrogen) atoms. The maximum atomic E-state index is 13.3. The maximum Gasteiger partial charge on any atom is 0.291 e. The van der Waals surface area contributed by atoms with Gasteiger partial charge in [0.1, 0.15) is 0 Å². The van der Waals surface area contributed by atoms with Crippen LogP contribution in [0.15, 0.2) is 94.7 Å². The molecule has 0 radical (unpaired) electrons. The molecule has 0 aromatic heterocycles. The van der Waals surface area contributed by atoms with Crippen molar-refractivity contribution >= 4 is 70.3 Å². The monoisotopic (exact) mass is 818 g/mol. The van der Waals surface area contributed by atoms with Gasteiger partial charge < -0.3 is 31.1 Å². The van der Waals surface area contributed by atoms with Crippen LogP contribution in [0.2, 0.25) is 0 Å². The number of para-hydroxylation sites is 2. The topological polar surface area (TPSA) is 220 Å². The van der Waals surface area contributed by atoms with Crippen molar-refractivity contribution in [3.8, 4) is 22.3 Å². The smallest absolute Gasteiger partial charge is 0.291 e. The Morgan fingerprint density at radius 2 is 0.898 bits per heavy atom. The molecule has 304 valence electrons. The van der Waals surface area contributed by atoms with Crippen molar-refractivity contribution < 1.29 is 29.0 Å². The summed E-state index contributed by atoms with van der Waals surface area (Å²) in [6.45, 7) is 5.82. The summed E-state index contributed by atoms with van der Waals surface area (Å²) in [7, 11) is 0. The molecule has 17 heteroatoms. The number of piperazine rings is 2. The van der Waals surface area contributed by atoms with Crippen LogP contribution in [0.5, 0.6) is 0 Å². The highest BCUT2D eigenvalue weighted by molar-refractivity contribution is 7.99. The van der Waals surface area contributed by atoms with Crippen LogP contribution >= 0.6 is 11.8 Å². The highest BCUT2D eigenvalue weighted by Crippen LogP contribution is 2.49. The summed E-state index contributed by atoms with van der Waals surface area (Å²) in [6, 6.07) is 19.3. The third-order valence-electron chi connectivity index (χ3n) is 10.3. The van der Waals surface area contributed by atoms with Crippen LogP contribution in [0.3, 0.4) is 0 Å². The maximum absolute atomic E-state index is 13.3. The lowest BCUT2D eigenvalue weighted by molar-refractivity contribution is -0.387. The van der Waals surface area contributed by atoms with Crippen molar-refractivity contribution in [2.24, 2.45) is 0 Å². The number of rotatable bonds is 10. The van der Waals surface area contributed by atoms with Crippen molar-refractivity contribution in [2.75, 3.05) is 63.8 Å². The largest absolute Gasteiger partial charge is 0.398 e. The molecular formula is C42H42N8O8S. The van der Waals surface area contributed by atoms with Crippen LogP contribution in [0.1, 0.15) is 25.0 Å². The first-order chi connectivity index (χ1) is 28.2. The number of carbonyl (C=O) groups is 4. The summed E-state index contributed by atoms with van der Waals surface area (Å²) in [4.78, 5) is 81.7. The molecule has 0 saturated carbocycles. The highest BCUT2D eigenvalue weighted by Gasteiger charge is 2.31. The van der Waals surface area contributed by atoms with E-state index in [4.69, 9.17) is 11.5 Å². The quantitative estimate of drug-likeness (QED) is 0.0873. The van der Waals surface area contributed by atoms with E-state index in [1.54, 1.807) is 80.3 Å². The summed E-state index contributed by atoms with van der Waals surface area (Å²) < 4.78 is 0. The number of nitro groups is 2. The van der Waals surface area contributed by atoms with Crippen LogP contribution in [0.4, 0.5) is 22.7 Å². The standard InChI is InChI=1S/C42H42N8O8S/c1-27(51)45-19-23-47(24-20-45)37(53)17-13-29-11-15-35(41(49(55)56)39(29)31-7-3-5-9-33(31)43)59-36-16-12-30(14-18-38(54)48-25-21-46(22-26-48)28(2)52)40(42(36)50(57)58)32-8-4-6-10-34(32)44/h3-18H,19-26,43-44H2,1-2H3/b17-13+,18-14+. The number of anilines is 2. The number of nitrogens with two attached hydrogens (primary N) is 2. The molecule has 2 aliphatic rings. The van der Waals surface area contributed by atoms with E-state index in [2.05, 4.69) is 0 Å². The number of amides is 4. The Balaban J connectivity index is 1.42. The lowest BCUT2D eigenvalue weighted by Crippen LogP contribution is -2.49. The zero-order valence-electron chi connectivity index (χ0n) is 32.4. The number of benzene rings is 4. The minimum atomic E-state index is -0.578. The van der Waals surface area contributed by atoms with Crippen molar-refractivity contribution in [1.82, 2.24) is 19.6 Å². The van der Waals surface area contributed by atoms with Gasteiger partial charge in [-0.05, 0) is 47.5 Å². The molecule has 0 spiro atoms. The van der Waals surface area contributed by atoms with E-state index in [1.807, 2.05) is 0 Å². The molecule has 4 aromatic rings. The van der Waals surface area contributed by atoms with Gasteiger partial charge in [0.15, 0.2) is 0 Å². The third-order valence-corrected chi connectivity index (χ3v) is 11.4. The Morgan fingerprint density at radius 1 is 0.559 bits per heavy atom. The number of hydrogen-bond donors (Lipinski definition) is 2. The van der Waals surface area contributed by atoms with Crippen LogP contribution in [0, 0.1) is 20.2 Å². The molecule has 6 rings (SSSR count). The molecule has 4 aromatic carbocycles. The molecular weight excluding hydrogens is 777 g/mol. The molecule has 2 fully saturated rings. The molecule has 0 atom stereocenters. The predicted octanol–water partition coefficient (Wildman–Crippen LogP) is 5.56. The SMILES string of the molecule is CC(=O)N1CCN(C(=O)/C=C/c2ccc(Sc3ccc(/C=C/C(=O)N4CCN(C(C)=O)CC4)c(-c4ccccc4N)c3[N+](=O)[O-])c([N+](=O)[O-])c2-c2ccccc2N)CC1. The van der Waals surface area contributed by atoms with E-state index < -0.39 is 9.85 Å². The van der Waals surface area contributed by atoms with E-state index in [-0.39, 0.29) is 67.3 Å².